The normalized spacial score (nSPS) is 43.6. The number of ether oxygens (including phenoxy) is 12. The van der Waals surface area contributed by atoms with E-state index < -0.39 is 93.1 Å². The average Bonchev–Trinajstić information content (AvgIpc) is 3.69. The van der Waals surface area contributed by atoms with Crippen molar-refractivity contribution in [2.75, 3.05) is 34.5 Å². The van der Waals surface area contributed by atoms with Gasteiger partial charge in [-0.1, -0.05) is 83.2 Å². The van der Waals surface area contributed by atoms with Gasteiger partial charge < -0.3 is 66.6 Å². The number of allylic oxidation sites excluding steroid dienone is 2. The first kappa shape index (κ1) is 57.7. The standard InChI is InChI=1S/C56H87NO15Si/c1-16-25-62-54(59)69-50-36(7)26-42-53(58)66-41-27-40(70-55(30-41)24-23-35(6)49(71-55)32(3)17-2)22-21-34(5)48(33(4)19-18-20-39-31-63-52(50)56(39,42)72-73(13,14)15)67-46-29-44(61-12)51(38(9)65-46)68-45-28-43(60-11)47(57-10)37(8)64-45/h16,18-21,23-24,26,32-33,35,37-38,40-52,57H,1,17,22,25,27-31H2,2-15H3/b19-18+,34-21+,39-20+/t32-,33-,35-,37-,38-,40+,41-,42-,43-,44-,45-,46-,47-,48-,49+,50+,51-,52+,55+,56+/m0/s1. The zero-order chi connectivity index (χ0) is 53.0. The molecule has 0 radical (unpaired) electrons. The number of fused-ring (bicyclic) bond motifs is 2. The van der Waals surface area contributed by atoms with Crippen molar-refractivity contribution in [3.05, 3.63) is 71.9 Å². The number of hydrogen-bond acceptors (Lipinski definition) is 16. The van der Waals surface area contributed by atoms with Crippen molar-refractivity contribution in [1.29, 1.82) is 0 Å². The summed E-state index contributed by atoms with van der Waals surface area (Å²) in [7, 11) is 2.77. The maximum atomic E-state index is 15.2. The number of hydrogen-bond donors (Lipinski definition) is 1. The van der Waals surface area contributed by atoms with Gasteiger partial charge in [0.05, 0.1) is 55.4 Å². The van der Waals surface area contributed by atoms with E-state index >= 15 is 4.79 Å². The minimum absolute atomic E-state index is 0.0290. The van der Waals surface area contributed by atoms with Gasteiger partial charge in [-0.25, -0.2) is 4.79 Å². The number of carbonyl (C=O) groups is 2. The summed E-state index contributed by atoms with van der Waals surface area (Å²) in [6.07, 6.45) is 12.1. The van der Waals surface area contributed by atoms with E-state index in [0.29, 0.717) is 37.7 Å². The van der Waals surface area contributed by atoms with Gasteiger partial charge in [0.2, 0.25) is 0 Å². The van der Waals surface area contributed by atoms with E-state index in [1.165, 1.54) is 6.08 Å². The third kappa shape index (κ3) is 13.0. The van der Waals surface area contributed by atoms with Crippen LogP contribution in [0.3, 0.4) is 0 Å². The summed E-state index contributed by atoms with van der Waals surface area (Å²) < 4.78 is 84.8. The van der Waals surface area contributed by atoms with Crippen LogP contribution in [-0.4, -0.2) is 152 Å². The zero-order valence-electron chi connectivity index (χ0n) is 46.0. The van der Waals surface area contributed by atoms with Crippen molar-refractivity contribution in [3.8, 4) is 0 Å². The first-order chi connectivity index (χ1) is 34.7. The summed E-state index contributed by atoms with van der Waals surface area (Å²) in [6.45, 7) is 26.5. The Labute approximate surface area is 435 Å². The van der Waals surface area contributed by atoms with Crippen molar-refractivity contribution in [2.24, 2.45) is 23.7 Å². The van der Waals surface area contributed by atoms with Gasteiger partial charge in [0.1, 0.15) is 36.4 Å². The maximum Gasteiger partial charge on any atom is 0.509 e. The molecular formula is C56H87NO15Si. The van der Waals surface area contributed by atoms with Crippen molar-refractivity contribution in [3.63, 3.8) is 0 Å². The van der Waals surface area contributed by atoms with E-state index in [2.05, 4.69) is 84.4 Å². The van der Waals surface area contributed by atoms with Gasteiger partial charge in [-0.05, 0) is 89.5 Å². The molecular weight excluding hydrogens is 955 g/mol. The molecule has 0 aromatic heterocycles. The fraction of sp³-hybridized carbons (Fsp3) is 0.750. The Hall–Kier alpha value is -3.04. The number of likely N-dealkylation sites (N-methyl/N-ethyl adjacent to an activating group) is 1. The number of nitrogens with one attached hydrogen (secondary N) is 1. The Kier molecular flexibility index (Phi) is 19.4. The Balaban J connectivity index is 1.25. The molecule has 410 valence electrons. The van der Waals surface area contributed by atoms with Crippen LogP contribution in [0.4, 0.5) is 4.79 Å². The molecule has 2 bridgehead atoms. The predicted molar refractivity (Wildman–Crippen MR) is 277 cm³/mol. The maximum absolute atomic E-state index is 15.2. The van der Waals surface area contributed by atoms with E-state index in [9.17, 15) is 4.79 Å². The van der Waals surface area contributed by atoms with Crippen LogP contribution in [0.15, 0.2) is 71.9 Å². The lowest BCUT2D eigenvalue weighted by atomic mass is 9.70. The van der Waals surface area contributed by atoms with Gasteiger partial charge in [-0.15, -0.1) is 0 Å². The molecule has 6 heterocycles. The Bertz CT molecular complexity index is 2070. The molecule has 4 fully saturated rings. The van der Waals surface area contributed by atoms with E-state index in [0.717, 1.165) is 17.6 Å². The first-order valence-corrected chi connectivity index (χ1v) is 30.2. The number of rotatable bonds is 14. The van der Waals surface area contributed by atoms with Crippen LogP contribution in [0.5, 0.6) is 0 Å². The molecule has 0 amide bonds. The van der Waals surface area contributed by atoms with Crippen LogP contribution in [-0.2, 0) is 66.1 Å². The summed E-state index contributed by atoms with van der Waals surface area (Å²) in [5.41, 5.74) is 0.922. The van der Waals surface area contributed by atoms with Crippen LogP contribution in [0.1, 0.15) is 93.9 Å². The van der Waals surface area contributed by atoms with Crippen molar-refractivity contribution in [1.82, 2.24) is 5.32 Å². The van der Waals surface area contributed by atoms with E-state index in [4.69, 9.17) is 61.3 Å². The van der Waals surface area contributed by atoms with Gasteiger partial charge in [0.15, 0.2) is 32.8 Å². The highest BCUT2D eigenvalue weighted by Gasteiger charge is 2.64. The number of methoxy groups -OCH3 is 2. The highest BCUT2D eigenvalue weighted by Crippen LogP contribution is 2.51. The lowest BCUT2D eigenvalue weighted by Crippen LogP contribution is -2.62. The van der Waals surface area contributed by atoms with Crippen molar-refractivity contribution in [2.45, 2.75) is 211 Å². The molecule has 1 spiro atoms. The smallest absolute Gasteiger partial charge is 0.462 e. The SMILES string of the molecule is C=CCOC(=O)O[C@@H]1C(C)=C[C@H]2C(=O)O[C@H]3C[C@@H](C/C=C(\C)[C@@H](O[C@H]4C[C@H](OC)[C@@H](O[C@H]5C[C@H](OC)[C@@H](NC)[C@H](C)O5)[C@H](C)O4)[C@@H](C)/C=C/C=C4\CO[C@H]1[C@@]42O[Si](C)(C)C)O[C@@]1(C=C[C@H](C)[C@@H]([C@@H](C)CC)O1)C3. The van der Waals surface area contributed by atoms with Gasteiger partial charge in [-0.2, -0.15) is 0 Å². The summed E-state index contributed by atoms with van der Waals surface area (Å²) >= 11 is 0. The molecule has 17 heteroatoms. The van der Waals surface area contributed by atoms with E-state index in [-0.39, 0.29) is 61.4 Å². The molecule has 0 unspecified atom stereocenters. The molecule has 1 aliphatic carbocycles. The number of esters is 1. The van der Waals surface area contributed by atoms with Gasteiger partial charge in [0.25, 0.3) is 0 Å². The molecule has 4 saturated heterocycles. The lowest BCUT2D eigenvalue weighted by Gasteiger charge is -2.49. The molecule has 1 N–H and O–H groups in total. The molecule has 0 saturated carbocycles. The molecule has 7 rings (SSSR count). The van der Waals surface area contributed by atoms with Crippen molar-refractivity contribution >= 4 is 20.4 Å². The van der Waals surface area contributed by atoms with E-state index in [1.807, 2.05) is 52.1 Å². The molecule has 0 aromatic carbocycles. The van der Waals surface area contributed by atoms with Gasteiger partial charge in [0, 0.05) is 51.7 Å². The molecule has 16 nitrogen and oxygen atoms in total. The topological polar surface area (TPSA) is 166 Å². The third-order valence-corrected chi connectivity index (χ3v) is 16.8. The highest BCUT2D eigenvalue weighted by molar-refractivity contribution is 6.69. The predicted octanol–water partition coefficient (Wildman–Crippen LogP) is 8.81. The largest absolute Gasteiger partial charge is 0.509 e. The molecule has 73 heavy (non-hydrogen) atoms. The summed E-state index contributed by atoms with van der Waals surface area (Å²) in [5.74, 6) is -2.33. The highest BCUT2D eigenvalue weighted by atomic mass is 28.4. The van der Waals surface area contributed by atoms with Crippen LogP contribution in [0.25, 0.3) is 0 Å². The second kappa shape index (κ2) is 24.5. The van der Waals surface area contributed by atoms with Crippen LogP contribution in [0.2, 0.25) is 19.6 Å². The lowest BCUT2D eigenvalue weighted by molar-refractivity contribution is -0.312. The first-order valence-electron chi connectivity index (χ1n) is 26.8. The molecule has 20 atom stereocenters. The quantitative estimate of drug-likeness (QED) is 0.0996. The van der Waals surface area contributed by atoms with Crippen LogP contribution >= 0.6 is 0 Å². The third-order valence-electron chi connectivity index (χ3n) is 15.8. The van der Waals surface area contributed by atoms with Crippen LogP contribution in [0, 0.1) is 23.7 Å². The monoisotopic (exact) mass is 1040 g/mol. The van der Waals surface area contributed by atoms with Crippen molar-refractivity contribution < 1.29 is 70.9 Å². The second-order valence-corrected chi connectivity index (χ2v) is 26.8. The Morgan fingerprint density at radius 2 is 1.64 bits per heavy atom. The fourth-order valence-corrected chi connectivity index (χ4v) is 13.5. The Morgan fingerprint density at radius 3 is 2.33 bits per heavy atom. The summed E-state index contributed by atoms with van der Waals surface area (Å²) in [5, 5.41) is 3.32. The summed E-state index contributed by atoms with van der Waals surface area (Å²) in [6, 6.07) is 0.0339. The molecule has 0 aromatic rings. The molecule has 6 aliphatic heterocycles. The van der Waals surface area contributed by atoms with Gasteiger partial charge in [-0.3, -0.25) is 4.79 Å². The fourth-order valence-electron chi connectivity index (χ4n) is 12.1. The summed E-state index contributed by atoms with van der Waals surface area (Å²) in [4.78, 5) is 28.4. The number of carbonyl (C=O) groups excluding carboxylic acids is 2. The minimum atomic E-state index is -2.55. The second-order valence-electron chi connectivity index (χ2n) is 22.4. The zero-order valence-corrected chi connectivity index (χ0v) is 47.0. The average molecular weight is 1040 g/mol. The van der Waals surface area contributed by atoms with Gasteiger partial charge >= 0.3 is 12.1 Å². The molecule has 7 aliphatic rings. The van der Waals surface area contributed by atoms with Crippen LogP contribution < -0.4 is 5.32 Å². The minimum Gasteiger partial charge on any atom is -0.462 e. The van der Waals surface area contributed by atoms with E-state index in [1.54, 1.807) is 14.2 Å². The Morgan fingerprint density at radius 1 is 0.932 bits per heavy atom.